The number of carbonyl (C=O) groups excluding carboxylic acids is 1. The standard InChI is InChI=1S/C14H13Cl2N3O2/c1-21-11-2-3-13(12(17)7-11)19-14(20)18-10-5-8(15)4-9(16)6-10/h2-7H,17H2,1H3,(H2,18,19,20). The van der Waals surface area contributed by atoms with Gasteiger partial charge in [0.15, 0.2) is 0 Å². The first-order chi connectivity index (χ1) is 9.97. The van der Waals surface area contributed by atoms with Crippen LogP contribution in [0.3, 0.4) is 0 Å². The Labute approximate surface area is 132 Å². The van der Waals surface area contributed by atoms with Crippen LogP contribution in [-0.4, -0.2) is 13.1 Å². The molecule has 7 heteroatoms. The van der Waals surface area contributed by atoms with Crippen LogP contribution in [0.15, 0.2) is 36.4 Å². The third-order valence-corrected chi connectivity index (χ3v) is 3.06. The predicted molar refractivity (Wildman–Crippen MR) is 86.5 cm³/mol. The molecule has 2 amide bonds. The number of carbonyl (C=O) groups is 1. The summed E-state index contributed by atoms with van der Waals surface area (Å²) in [5.41, 5.74) is 7.18. The maximum atomic E-state index is 11.9. The van der Waals surface area contributed by atoms with E-state index in [1.54, 1.807) is 36.4 Å². The summed E-state index contributed by atoms with van der Waals surface area (Å²) in [4.78, 5) is 11.9. The van der Waals surface area contributed by atoms with Gasteiger partial charge in [-0.05, 0) is 30.3 Å². The molecular formula is C14H13Cl2N3O2. The molecule has 0 aliphatic carbocycles. The van der Waals surface area contributed by atoms with Crippen LogP contribution < -0.4 is 21.1 Å². The van der Waals surface area contributed by atoms with Gasteiger partial charge in [0.2, 0.25) is 0 Å². The summed E-state index contributed by atoms with van der Waals surface area (Å²) in [6.45, 7) is 0. The Balaban J connectivity index is 2.08. The highest BCUT2D eigenvalue weighted by atomic mass is 35.5. The molecule has 0 aromatic heterocycles. The molecule has 0 atom stereocenters. The molecule has 0 heterocycles. The zero-order valence-corrected chi connectivity index (χ0v) is 12.6. The Bertz CT molecular complexity index is 657. The van der Waals surface area contributed by atoms with Crippen LogP contribution >= 0.6 is 23.2 Å². The van der Waals surface area contributed by atoms with E-state index in [-0.39, 0.29) is 0 Å². The predicted octanol–water partition coefficient (Wildman–Crippen LogP) is 4.23. The number of methoxy groups -OCH3 is 1. The van der Waals surface area contributed by atoms with Crippen molar-refractivity contribution in [1.82, 2.24) is 0 Å². The molecule has 0 saturated carbocycles. The quantitative estimate of drug-likeness (QED) is 0.739. The fourth-order valence-corrected chi connectivity index (χ4v) is 2.22. The van der Waals surface area contributed by atoms with Crippen LogP contribution in [0.25, 0.3) is 0 Å². The molecule has 0 spiro atoms. The first kappa shape index (κ1) is 15.3. The van der Waals surface area contributed by atoms with Gasteiger partial charge in [0.05, 0.1) is 18.5 Å². The zero-order valence-electron chi connectivity index (χ0n) is 11.1. The Morgan fingerprint density at radius 3 is 2.33 bits per heavy atom. The first-order valence-electron chi connectivity index (χ1n) is 5.95. The molecule has 110 valence electrons. The van der Waals surface area contributed by atoms with Gasteiger partial charge in [0.25, 0.3) is 0 Å². The van der Waals surface area contributed by atoms with E-state index in [0.717, 1.165) is 0 Å². The van der Waals surface area contributed by atoms with Gasteiger partial charge in [-0.1, -0.05) is 23.2 Å². The smallest absolute Gasteiger partial charge is 0.323 e. The Morgan fingerprint density at radius 2 is 1.76 bits per heavy atom. The van der Waals surface area contributed by atoms with Crippen molar-refractivity contribution in [2.45, 2.75) is 0 Å². The van der Waals surface area contributed by atoms with Crippen molar-refractivity contribution in [3.8, 4) is 5.75 Å². The van der Waals surface area contributed by atoms with Crippen molar-refractivity contribution in [3.05, 3.63) is 46.4 Å². The van der Waals surface area contributed by atoms with E-state index in [1.165, 1.54) is 7.11 Å². The first-order valence-corrected chi connectivity index (χ1v) is 6.71. The number of nitrogen functional groups attached to an aromatic ring is 1. The van der Waals surface area contributed by atoms with Gasteiger partial charge in [-0.3, -0.25) is 0 Å². The SMILES string of the molecule is COc1ccc(NC(=O)Nc2cc(Cl)cc(Cl)c2)c(N)c1. The number of ether oxygens (including phenoxy) is 1. The maximum Gasteiger partial charge on any atom is 0.323 e. The Hall–Kier alpha value is -2.11. The highest BCUT2D eigenvalue weighted by Crippen LogP contribution is 2.25. The summed E-state index contributed by atoms with van der Waals surface area (Å²) in [5.74, 6) is 0.611. The van der Waals surface area contributed by atoms with Crippen molar-refractivity contribution in [1.29, 1.82) is 0 Å². The van der Waals surface area contributed by atoms with Crippen molar-refractivity contribution in [2.24, 2.45) is 0 Å². The van der Waals surface area contributed by atoms with Gasteiger partial charge in [0.1, 0.15) is 5.75 Å². The number of nitrogens with one attached hydrogen (secondary N) is 2. The summed E-state index contributed by atoms with van der Waals surface area (Å²) in [6, 6.07) is 9.26. The number of rotatable bonds is 3. The van der Waals surface area contributed by atoms with Crippen molar-refractivity contribution < 1.29 is 9.53 Å². The summed E-state index contributed by atoms with van der Waals surface area (Å²) in [7, 11) is 1.54. The normalized spacial score (nSPS) is 10.0. The van der Waals surface area contributed by atoms with Crippen LogP contribution in [0.4, 0.5) is 21.9 Å². The van der Waals surface area contributed by atoms with Gasteiger partial charge in [-0.2, -0.15) is 0 Å². The van der Waals surface area contributed by atoms with E-state index in [1.807, 2.05) is 0 Å². The summed E-state index contributed by atoms with van der Waals surface area (Å²) in [5, 5.41) is 6.12. The van der Waals surface area contributed by atoms with Gasteiger partial charge >= 0.3 is 6.03 Å². The Kier molecular flexibility index (Phi) is 4.77. The number of amides is 2. The van der Waals surface area contributed by atoms with Crippen molar-refractivity contribution in [2.75, 3.05) is 23.5 Å². The largest absolute Gasteiger partial charge is 0.497 e. The average molecular weight is 326 g/mol. The minimum atomic E-state index is -0.454. The van der Waals surface area contributed by atoms with E-state index in [9.17, 15) is 4.79 Å². The van der Waals surface area contributed by atoms with Crippen LogP contribution in [-0.2, 0) is 0 Å². The number of hydrogen-bond donors (Lipinski definition) is 3. The fraction of sp³-hybridized carbons (Fsp3) is 0.0714. The molecule has 0 radical (unpaired) electrons. The molecule has 0 fully saturated rings. The number of nitrogens with two attached hydrogens (primary N) is 1. The average Bonchev–Trinajstić information content (AvgIpc) is 2.39. The van der Waals surface area contributed by atoms with Crippen molar-refractivity contribution in [3.63, 3.8) is 0 Å². The summed E-state index contributed by atoms with van der Waals surface area (Å²) >= 11 is 11.7. The second-order valence-electron chi connectivity index (χ2n) is 4.19. The number of halogens is 2. The van der Waals surface area contributed by atoms with Crippen LogP contribution in [0.5, 0.6) is 5.75 Å². The molecule has 21 heavy (non-hydrogen) atoms. The Morgan fingerprint density at radius 1 is 1.10 bits per heavy atom. The van der Waals surface area contributed by atoms with Gasteiger partial charge < -0.3 is 21.1 Å². The van der Waals surface area contributed by atoms with Gasteiger partial charge in [-0.25, -0.2) is 4.79 Å². The highest BCUT2D eigenvalue weighted by Gasteiger charge is 2.07. The van der Waals surface area contributed by atoms with Gasteiger partial charge in [-0.15, -0.1) is 0 Å². The molecule has 0 unspecified atom stereocenters. The molecule has 2 rings (SSSR count). The minimum absolute atomic E-state index is 0.397. The minimum Gasteiger partial charge on any atom is -0.497 e. The van der Waals surface area contributed by atoms with E-state index in [4.69, 9.17) is 33.7 Å². The summed E-state index contributed by atoms with van der Waals surface area (Å²) in [6.07, 6.45) is 0. The lowest BCUT2D eigenvalue weighted by molar-refractivity contribution is 0.262. The van der Waals surface area contributed by atoms with E-state index in [0.29, 0.717) is 32.9 Å². The molecule has 0 aliphatic rings. The lowest BCUT2D eigenvalue weighted by Crippen LogP contribution is -2.20. The second-order valence-corrected chi connectivity index (χ2v) is 5.06. The van der Waals surface area contributed by atoms with Crippen molar-refractivity contribution >= 4 is 46.3 Å². The van der Waals surface area contributed by atoms with Gasteiger partial charge in [0, 0.05) is 21.8 Å². The van der Waals surface area contributed by atoms with Crippen LogP contribution in [0.2, 0.25) is 10.0 Å². The lowest BCUT2D eigenvalue weighted by atomic mass is 10.2. The second kappa shape index (κ2) is 6.56. The topological polar surface area (TPSA) is 76.4 Å². The van der Waals surface area contributed by atoms with Crippen LogP contribution in [0.1, 0.15) is 0 Å². The number of hydrogen-bond acceptors (Lipinski definition) is 3. The lowest BCUT2D eigenvalue weighted by Gasteiger charge is -2.11. The molecule has 4 N–H and O–H groups in total. The molecule has 5 nitrogen and oxygen atoms in total. The van der Waals surface area contributed by atoms with E-state index >= 15 is 0 Å². The molecule has 2 aromatic carbocycles. The molecule has 0 saturated heterocycles. The van der Waals surface area contributed by atoms with Crippen LogP contribution in [0, 0.1) is 0 Å². The maximum absolute atomic E-state index is 11.9. The molecule has 0 bridgehead atoms. The monoisotopic (exact) mass is 325 g/mol. The molecule has 2 aromatic rings. The third kappa shape index (κ3) is 4.18. The number of anilines is 3. The fourth-order valence-electron chi connectivity index (χ4n) is 1.69. The summed E-state index contributed by atoms with van der Waals surface area (Å²) < 4.78 is 5.04. The third-order valence-electron chi connectivity index (χ3n) is 2.63. The number of urea groups is 1. The highest BCUT2D eigenvalue weighted by molar-refractivity contribution is 6.35. The molecular weight excluding hydrogens is 313 g/mol. The van der Waals surface area contributed by atoms with E-state index < -0.39 is 6.03 Å². The number of benzene rings is 2. The molecule has 0 aliphatic heterocycles. The zero-order chi connectivity index (χ0) is 15.4. The van der Waals surface area contributed by atoms with E-state index in [2.05, 4.69) is 10.6 Å².